The molecule has 0 atom stereocenters. The molecule has 0 saturated heterocycles. The molecule has 4 heteroatoms. The Kier molecular flexibility index (Phi) is 6.26. The molecule has 4 aliphatic rings. The van der Waals surface area contributed by atoms with Gasteiger partial charge >= 0.3 is 0 Å². The molecular weight excluding hydrogens is 661 g/mol. The summed E-state index contributed by atoms with van der Waals surface area (Å²) in [5.41, 5.74) is 17.0. The molecule has 0 saturated carbocycles. The van der Waals surface area contributed by atoms with E-state index >= 15 is 0 Å². The summed E-state index contributed by atoms with van der Waals surface area (Å²) in [4.78, 5) is 4.80. The maximum atomic E-state index is 6.84. The van der Waals surface area contributed by atoms with Gasteiger partial charge in [-0.05, 0) is 120 Å². The summed E-state index contributed by atoms with van der Waals surface area (Å²) >= 11 is 0. The standard InChI is InChI=1S/C50H34N2O2/c1-5-13-41-31(9-1)17-18-32-10-2-6-14-42(32)51(41)35-21-23-37-39-25-26-40-38-24-22-36(30-48(38)54-46-28-27-45(49(39)50(40)46)53-47(37)29-35)52-43-15-7-3-11-33(43)19-20-34-12-4-8-16-44(34)52/h1-16,21-30H,17-20H2. The summed E-state index contributed by atoms with van der Waals surface area (Å²) in [7, 11) is 0. The Morgan fingerprint density at radius 3 is 1.02 bits per heavy atom. The van der Waals surface area contributed by atoms with Gasteiger partial charge in [0.05, 0.1) is 0 Å². The lowest BCUT2D eigenvalue weighted by atomic mass is 9.88. The summed E-state index contributed by atoms with van der Waals surface area (Å²) in [6.07, 6.45) is 4.05. The van der Waals surface area contributed by atoms with Crippen LogP contribution in [0.2, 0.25) is 0 Å². The van der Waals surface area contributed by atoms with E-state index < -0.39 is 0 Å². The number of hydrogen-bond acceptors (Lipinski definition) is 4. The summed E-state index contributed by atoms with van der Waals surface area (Å²) in [5, 5.41) is 2.20. The zero-order valence-corrected chi connectivity index (χ0v) is 29.6. The van der Waals surface area contributed by atoms with E-state index in [0.717, 1.165) is 93.1 Å². The molecule has 0 N–H and O–H groups in total. The van der Waals surface area contributed by atoms with Crippen molar-refractivity contribution in [2.45, 2.75) is 25.7 Å². The molecule has 4 heterocycles. The topological polar surface area (TPSA) is 24.9 Å². The Hall–Kier alpha value is -6.78. The molecule has 0 spiro atoms. The first-order valence-electron chi connectivity index (χ1n) is 18.9. The molecular formula is C50H34N2O2. The molecule has 8 aromatic carbocycles. The highest BCUT2D eigenvalue weighted by molar-refractivity contribution is 6.14. The second kappa shape index (κ2) is 11.4. The van der Waals surface area contributed by atoms with Gasteiger partial charge in [0.1, 0.15) is 23.0 Å². The third kappa shape index (κ3) is 4.31. The fourth-order valence-electron chi connectivity index (χ4n) is 9.32. The number of rotatable bonds is 2. The first-order chi connectivity index (χ1) is 26.8. The Morgan fingerprint density at radius 1 is 0.315 bits per heavy atom. The van der Waals surface area contributed by atoms with Gasteiger partial charge in [-0.25, -0.2) is 0 Å². The van der Waals surface area contributed by atoms with Gasteiger partial charge in [0.2, 0.25) is 0 Å². The highest BCUT2D eigenvalue weighted by Crippen LogP contribution is 2.57. The molecule has 0 bridgehead atoms. The smallest absolute Gasteiger partial charge is 0.137 e. The van der Waals surface area contributed by atoms with Crippen molar-refractivity contribution in [3.63, 3.8) is 0 Å². The Labute approximate surface area is 314 Å². The Morgan fingerprint density at radius 2 is 0.648 bits per heavy atom. The van der Waals surface area contributed by atoms with Gasteiger partial charge < -0.3 is 19.3 Å². The van der Waals surface area contributed by atoms with Gasteiger partial charge in [0, 0.05) is 68.2 Å². The minimum Gasteiger partial charge on any atom is -0.456 e. The minimum atomic E-state index is 0.855. The normalized spacial score (nSPS) is 14.2. The molecule has 0 unspecified atom stereocenters. The fraction of sp³-hybridized carbons (Fsp3) is 0.0800. The van der Waals surface area contributed by atoms with Crippen LogP contribution in [-0.4, -0.2) is 0 Å². The van der Waals surface area contributed by atoms with Gasteiger partial charge in [0.15, 0.2) is 0 Å². The molecule has 4 nitrogen and oxygen atoms in total. The second-order valence-electron chi connectivity index (χ2n) is 14.7. The van der Waals surface area contributed by atoms with Crippen LogP contribution in [0.4, 0.5) is 34.1 Å². The molecule has 0 amide bonds. The molecule has 54 heavy (non-hydrogen) atoms. The van der Waals surface area contributed by atoms with E-state index in [1.165, 1.54) is 45.0 Å². The van der Waals surface area contributed by atoms with E-state index in [1.807, 2.05) is 0 Å². The van der Waals surface area contributed by atoms with Gasteiger partial charge in [-0.3, -0.25) is 0 Å². The summed E-state index contributed by atoms with van der Waals surface area (Å²) in [6, 6.07) is 57.2. The lowest BCUT2D eigenvalue weighted by Crippen LogP contribution is -2.12. The maximum absolute atomic E-state index is 6.84. The number of hydrogen-bond donors (Lipinski definition) is 0. The molecule has 0 aliphatic carbocycles. The highest BCUT2D eigenvalue weighted by Gasteiger charge is 2.31. The average Bonchev–Trinajstić information content (AvgIpc) is 3.50. The second-order valence-corrected chi connectivity index (χ2v) is 14.7. The Balaban J connectivity index is 0.970. The number of aryl methyl sites for hydroxylation is 4. The van der Waals surface area contributed by atoms with Crippen molar-refractivity contribution in [1.29, 1.82) is 0 Å². The van der Waals surface area contributed by atoms with Crippen molar-refractivity contribution in [3.8, 4) is 45.3 Å². The van der Waals surface area contributed by atoms with Crippen molar-refractivity contribution in [2.75, 3.05) is 9.80 Å². The first-order valence-corrected chi connectivity index (χ1v) is 18.9. The number of nitrogens with zero attached hydrogens (tertiary/aromatic N) is 2. The monoisotopic (exact) mass is 694 g/mol. The van der Waals surface area contributed by atoms with Gasteiger partial charge in [-0.15, -0.1) is 0 Å². The molecule has 8 aromatic rings. The number of benzene rings is 8. The molecule has 0 fully saturated rings. The summed E-state index contributed by atoms with van der Waals surface area (Å²) in [6.45, 7) is 0. The van der Waals surface area contributed by atoms with Crippen LogP contribution in [0.15, 0.2) is 158 Å². The molecule has 4 aliphatic heterocycles. The van der Waals surface area contributed by atoms with E-state index in [9.17, 15) is 0 Å². The van der Waals surface area contributed by atoms with Crippen LogP contribution >= 0.6 is 0 Å². The van der Waals surface area contributed by atoms with Crippen molar-refractivity contribution in [1.82, 2.24) is 0 Å². The van der Waals surface area contributed by atoms with Crippen LogP contribution in [0, 0.1) is 0 Å². The zero-order chi connectivity index (χ0) is 35.3. The van der Waals surface area contributed by atoms with Crippen molar-refractivity contribution < 1.29 is 9.47 Å². The van der Waals surface area contributed by atoms with E-state index in [1.54, 1.807) is 0 Å². The third-order valence-electron chi connectivity index (χ3n) is 11.8. The number of anilines is 6. The van der Waals surface area contributed by atoms with Gasteiger partial charge in [-0.2, -0.15) is 0 Å². The predicted octanol–water partition coefficient (Wildman–Crippen LogP) is 13.5. The van der Waals surface area contributed by atoms with E-state index in [-0.39, 0.29) is 0 Å². The van der Waals surface area contributed by atoms with E-state index in [4.69, 9.17) is 9.47 Å². The van der Waals surface area contributed by atoms with Crippen LogP contribution in [-0.2, 0) is 25.7 Å². The average molecular weight is 695 g/mol. The molecule has 256 valence electrons. The quantitative estimate of drug-likeness (QED) is 0.180. The van der Waals surface area contributed by atoms with Gasteiger partial charge in [-0.1, -0.05) is 84.9 Å². The number of ether oxygens (including phenoxy) is 2. The third-order valence-corrected chi connectivity index (χ3v) is 11.8. The molecule has 0 radical (unpaired) electrons. The summed E-state index contributed by atoms with van der Waals surface area (Å²) in [5.74, 6) is 3.44. The Bertz CT molecular complexity index is 2580. The van der Waals surface area contributed by atoms with Crippen LogP contribution in [0.3, 0.4) is 0 Å². The maximum Gasteiger partial charge on any atom is 0.137 e. The van der Waals surface area contributed by atoms with Gasteiger partial charge in [0.25, 0.3) is 0 Å². The molecule has 12 rings (SSSR count). The predicted molar refractivity (Wildman–Crippen MR) is 219 cm³/mol. The van der Waals surface area contributed by atoms with Crippen LogP contribution in [0.25, 0.3) is 33.0 Å². The zero-order valence-electron chi connectivity index (χ0n) is 29.6. The number of para-hydroxylation sites is 4. The largest absolute Gasteiger partial charge is 0.456 e. The van der Waals surface area contributed by atoms with E-state index in [2.05, 4.69) is 168 Å². The lowest BCUT2D eigenvalue weighted by molar-refractivity contribution is 0.475. The van der Waals surface area contributed by atoms with Crippen LogP contribution in [0.5, 0.6) is 23.0 Å². The van der Waals surface area contributed by atoms with Crippen molar-refractivity contribution in [3.05, 3.63) is 180 Å². The number of fused-ring (bicyclic) bond motifs is 8. The highest BCUT2D eigenvalue weighted by atomic mass is 16.5. The van der Waals surface area contributed by atoms with Crippen LogP contribution < -0.4 is 19.3 Å². The van der Waals surface area contributed by atoms with Crippen molar-refractivity contribution >= 4 is 44.9 Å². The first kappa shape index (κ1) is 29.8. The molecule has 0 aromatic heterocycles. The summed E-state index contributed by atoms with van der Waals surface area (Å²) < 4.78 is 13.7. The minimum absolute atomic E-state index is 0.855. The fourth-order valence-corrected chi connectivity index (χ4v) is 9.32. The SMILES string of the molecule is c1ccc2c(c1)CCc1ccccc1N2c1ccc2c(c1)Oc1ccc3c4c(ccc-2c14)-c1ccc(N2c4ccccc4CCc4ccccc42)cc1O3. The van der Waals surface area contributed by atoms with Crippen LogP contribution in [0.1, 0.15) is 22.3 Å². The lowest BCUT2D eigenvalue weighted by Gasteiger charge is -2.31. The van der Waals surface area contributed by atoms with Crippen molar-refractivity contribution in [2.24, 2.45) is 0 Å². The van der Waals surface area contributed by atoms with E-state index in [0.29, 0.717) is 0 Å².